The molecule has 1 fully saturated rings. The molecule has 0 aliphatic heterocycles. The highest BCUT2D eigenvalue weighted by Crippen LogP contribution is 2.44. The Bertz CT molecular complexity index is 1080. The zero-order valence-corrected chi connectivity index (χ0v) is 20.6. The molecule has 4 rings (SSSR count). The van der Waals surface area contributed by atoms with E-state index in [2.05, 4.69) is 94.0 Å². The molecule has 170 valence electrons. The van der Waals surface area contributed by atoms with Crippen molar-refractivity contribution in [3.8, 4) is 12.3 Å². The Kier molecular flexibility index (Phi) is 7.39. The van der Waals surface area contributed by atoms with E-state index in [9.17, 15) is 0 Å². The predicted molar refractivity (Wildman–Crippen MR) is 143 cm³/mol. The van der Waals surface area contributed by atoms with Crippen molar-refractivity contribution in [3.05, 3.63) is 101 Å². The number of rotatable bonds is 7. The first-order valence-corrected chi connectivity index (χ1v) is 12.7. The maximum Gasteiger partial charge on any atom is 0.0242 e. The van der Waals surface area contributed by atoms with Crippen molar-refractivity contribution in [1.29, 1.82) is 0 Å². The molecule has 1 saturated carbocycles. The van der Waals surface area contributed by atoms with E-state index >= 15 is 0 Å². The minimum absolute atomic E-state index is 0.477. The normalized spacial score (nSPS) is 23.1. The van der Waals surface area contributed by atoms with E-state index in [1.807, 2.05) is 0 Å². The summed E-state index contributed by atoms with van der Waals surface area (Å²) in [6, 6.07) is 15.7. The summed E-state index contributed by atoms with van der Waals surface area (Å²) in [7, 11) is 0. The predicted octanol–water partition coefficient (Wildman–Crippen LogP) is 8.66. The summed E-state index contributed by atoms with van der Waals surface area (Å²) in [6.07, 6.45) is 19.9. The third kappa shape index (κ3) is 5.42. The lowest BCUT2D eigenvalue weighted by Crippen LogP contribution is -2.23. The molecule has 2 unspecified atom stereocenters. The van der Waals surface area contributed by atoms with E-state index in [1.54, 1.807) is 0 Å². The van der Waals surface area contributed by atoms with Crippen LogP contribution in [0, 0.1) is 37.0 Å². The topological polar surface area (TPSA) is 0 Å². The maximum absolute atomic E-state index is 5.50. The molecule has 0 N–H and O–H groups in total. The molecular weight excluding hydrogens is 396 g/mol. The van der Waals surface area contributed by atoms with Gasteiger partial charge in [-0.1, -0.05) is 80.5 Å². The van der Waals surface area contributed by atoms with Crippen LogP contribution in [0.25, 0.3) is 5.57 Å². The van der Waals surface area contributed by atoms with Crippen LogP contribution in [0.5, 0.6) is 0 Å². The van der Waals surface area contributed by atoms with E-state index in [1.165, 1.54) is 65.5 Å². The summed E-state index contributed by atoms with van der Waals surface area (Å²) in [5, 5.41) is 0. The number of hydrogen-bond acceptors (Lipinski definition) is 0. The SMILES string of the molecule is C#Cc1ccc(CC2CCC(C(C(=C)CC)c3ccc(C4=CC(C)C=C4)c(C)c3)CC2)cc1. The Balaban J connectivity index is 1.46. The minimum Gasteiger partial charge on any atom is -0.115 e. The number of hydrogen-bond donors (Lipinski definition) is 0. The van der Waals surface area contributed by atoms with E-state index in [4.69, 9.17) is 6.42 Å². The standard InChI is InChI=1S/C33H38/c1-6-24(4)33(31-18-19-32(25(5)21-31)30-15-8-23(3)20-30)29-16-13-28(14-17-29)22-27-11-9-26(7-2)10-12-27/h2,8-12,15,18-21,23,28-29,33H,4,6,13-14,16-17,22H2,1,3,5H3. The first-order chi connectivity index (χ1) is 16.0. The van der Waals surface area contributed by atoms with Crippen molar-refractivity contribution in [2.75, 3.05) is 0 Å². The summed E-state index contributed by atoms with van der Waals surface area (Å²) in [5.74, 6) is 5.22. The van der Waals surface area contributed by atoms with Crippen molar-refractivity contribution >= 4 is 5.57 Å². The zero-order valence-electron chi connectivity index (χ0n) is 20.6. The fraction of sp³-hybridized carbons (Fsp3) is 0.394. The molecule has 2 atom stereocenters. The van der Waals surface area contributed by atoms with Gasteiger partial charge in [0, 0.05) is 11.5 Å². The average molecular weight is 435 g/mol. The summed E-state index contributed by atoms with van der Waals surface area (Å²) in [6.45, 7) is 11.3. The molecule has 0 bridgehead atoms. The lowest BCUT2D eigenvalue weighted by Gasteiger charge is -2.35. The third-order valence-electron chi connectivity index (χ3n) is 7.84. The van der Waals surface area contributed by atoms with Crippen LogP contribution in [0.1, 0.15) is 79.7 Å². The molecule has 0 amide bonds. The molecule has 2 aromatic rings. The van der Waals surface area contributed by atoms with Crippen LogP contribution in [0.4, 0.5) is 0 Å². The van der Waals surface area contributed by atoms with Gasteiger partial charge in [-0.3, -0.25) is 0 Å². The lowest BCUT2D eigenvalue weighted by molar-refractivity contribution is 0.252. The maximum atomic E-state index is 5.50. The van der Waals surface area contributed by atoms with Gasteiger partial charge >= 0.3 is 0 Å². The highest BCUT2D eigenvalue weighted by Gasteiger charge is 2.30. The molecule has 0 radical (unpaired) electrons. The van der Waals surface area contributed by atoms with Crippen molar-refractivity contribution in [2.24, 2.45) is 17.8 Å². The zero-order chi connectivity index (χ0) is 23.4. The van der Waals surface area contributed by atoms with Crippen LogP contribution >= 0.6 is 0 Å². The molecule has 0 heterocycles. The highest BCUT2D eigenvalue weighted by molar-refractivity contribution is 5.78. The number of aryl methyl sites for hydroxylation is 1. The molecule has 2 aliphatic rings. The first-order valence-electron chi connectivity index (χ1n) is 12.7. The second-order valence-electron chi connectivity index (χ2n) is 10.2. The van der Waals surface area contributed by atoms with Crippen molar-refractivity contribution in [3.63, 3.8) is 0 Å². The van der Waals surface area contributed by atoms with E-state index in [0.29, 0.717) is 17.8 Å². The van der Waals surface area contributed by atoms with Gasteiger partial charge in [0.25, 0.3) is 0 Å². The van der Waals surface area contributed by atoms with Crippen molar-refractivity contribution < 1.29 is 0 Å². The summed E-state index contributed by atoms with van der Waals surface area (Å²) < 4.78 is 0. The number of terminal acetylenes is 1. The van der Waals surface area contributed by atoms with Gasteiger partial charge in [0.05, 0.1) is 0 Å². The van der Waals surface area contributed by atoms with Crippen molar-refractivity contribution in [2.45, 2.75) is 65.2 Å². The van der Waals surface area contributed by atoms with Crippen LogP contribution in [-0.4, -0.2) is 0 Å². The van der Waals surface area contributed by atoms with E-state index in [0.717, 1.165) is 17.9 Å². The van der Waals surface area contributed by atoms with Gasteiger partial charge in [-0.15, -0.1) is 6.42 Å². The fourth-order valence-electron chi connectivity index (χ4n) is 5.89. The molecule has 0 nitrogen and oxygen atoms in total. The summed E-state index contributed by atoms with van der Waals surface area (Å²) in [5.41, 5.74) is 9.38. The first kappa shape index (κ1) is 23.4. The Morgan fingerprint density at radius 1 is 1.09 bits per heavy atom. The largest absolute Gasteiger partial charge is 0.115 e. The average Bonchev–Trinajstić information content (AvgIpc) is 3.26. The minimum atomic E-state index is 0.477. The molecule has 0 aromatic heterocycles. The van der Waals surface area contributed by atoms with Gasteiger partial charge in [0.1, 0.15) is 0 Å². The van der Waals surface area contributed by atoms with Crippen LogP contribution in [0.3, 0.4) is 0 Å². The molecule has 0 heteroatoms. The Morgan fingerprint density at radius 3 is 2.39 bits per heavy atom. The monoisotopic (exact) mass is 434 g/mol. The van der Waals surface area contributed by atoms with Crippen LogP contribution in [-0.2, 0) is 6.42 Å². The van der Waals surface area contributed by atoms with Gasteiger partial charge < -0.3 is 0 Å². The van der Waals surface area contributed by atoms with Crippen LogP contribution in [0.2, 0.25) is 0 Å². The Hall–Kier alpha value is -2.78. The molecule has 33 heavy (non-hydrogen) atoms. The van der Waals surface area contributed by atoms with Crippen LogP contribution < -0.4 is 0 Å². The number of benzene rings is 2. The molecule has 0 saturated heterocycles. The summed E-state index contributed by atoms with van der Waals surface area (Å²) in [4.78, 5) is 0. The van der Waals surface area contributed by atoms with Gasteiger partial charge in [-0.25, -0.2) is 0 Å². The van der Waals surface area contributed by atoms with Gasteiger partial charge in [-0.2, -0.15) is 0 Å². The fourth-order valence-corrected chi connectivity index (χ4v) is 5.89. The highest BCUT2D eigenvalue weighted by atomic mass is 14.3. The molecular formula is C33H38. The molecule has 2 aromatic carbocycles. The summed E-state index contributed by atoms with van der Waals surface area (Å²) >= 11 is 0. The van der Waals surface area contributed by atoms with Gasteiger partial charge in [0.15, 0.2) is 0 Å². The van der Waals surface area contributed by atoms with E-state index < -0.39 is 0 Å². The van der Waals surface area contributed by atoms with Gasteiger partial charge in [0.2, 0.25) is 0 Å². The quantitative estimate of drug-likeness (QED) is 0.302. The second-order valence-corrected chi connectivity index (χ2v) is 10.2. The second kappa shape index (κ2) is 10.4. The number of allylic oxidation sites excluding steroid dienone is 5. The van der Waals surface area contributed by atoms with Crippen LogP contribution in [0.15, 0.2) is 72.8 Å². The Labute approximate surface area is 201 Å². The molecule has 2 aliphatic carbocycles. The molecule has 0 spiro atoms. The third-order valence-corrected chi connectivity index (χ3v) is 7.84. The smallest absolute Gasteiger partial charge is 0.0242 e. The van der Waals surface area contributed by atoms with Crippen molar-refractivity contribution in [1.82, 2.24) is 0 Å². The lowest BCUT2D eigenvalue weighted by atomic mass is 9.69. The Morgan fingerprint density at radius 2 is 1.82 bits per heavy atom. The van der Waals surface area contributed by atoms with E-state index in [-0.39, 0.29) is 0 Å². The van der Waals surface area contributed by atoms with Gasteiger partial charge in [-0.05, 0) is 103 Å².